The van der Waals surface area contributed by atoms with Crippen LogP contribution in [0.5, 0.6) is 0 Å². The first-order valence-electron chi connectivity index (χ1n) is 9.80. The molecule has 2 rings (SSSR count). The first-order chi connectivity index (χ1) is 13.4. The van der Waals surface area contributed by atoms with Crippen molar-refractivity contribution in [2.75, 3.05) is 46.4 Å². The molecular weight excluding hydrogens is 496 g/mol. The highest BCUT2D eigenvalue weighted by molar-refractivity contribution is 14.0. The van der Waals surface area contributed by atoms with Gasteiger partial charge in [-0.05, 0) is 43.8 Å². The van der Waals surface area contributed by atoms with Gasteiger partial charge in [-0.25, -0.2) is 0 Å². The summed E-state index contributed by atoms with van der Waals surface area (Å²) in [4.78, 5) is 5.69. The minimum atomic E-state index is -4.11. The van der Waals surface area contributed by atoms with Gasteiger partial charge in [0.2, 0.25) is 0 Å². The standard InChI is InChI=1S/C20H31F3N4O.HI/c1-24-19(26-13-18(14-28)17-5-3-2-4-6-17)25-10-7-16-8-11-27(12-9-16)15-20(21,22)23;/h2-6,16,18,28H,7-15H2,1H3,(H2,24,25,26);1H. The quantitative estimate of drug-likeness (QED) is 0.276. The molecule has 3 N–H and O–H groups in total. The normalized spacial score (nSPS) is 17.5. The fraction of sp³-hybridized carbons (Fsp3) is 0.650. The lowest BCUT2D eigenvalue weighted by Gasteiger charge is -2.32. The zero-order chi connectivity index (χ0) is 20.4. The molecule has 1 aromatic rings. The molecule has 0 spiro atoms. The van der Waals surface area contributed by atoms with Gasteiger partial charge in [0.05, 0.1) is 13.2 Å². The Hall–Kier alpha value is -1.07. The van der Waals surface area contributed by atoms with Crippen LogP contribution < -0.4 is 10.6 Å². The van der Waals surface area contributed by atoms with Gasteiger partial charge in [-0.3, -0.25) is 9.89 Å². The minimum Gasteiger partial charge on any atom is -0.396 e. The van der Waals surface area contributed by atoms with Crippen molar-refractivity contribution in [3.8, 4) is 0 Å². The van der Waals surface area contributed by atoms with Gasteiger partial charge >= 0.3 is 6.18 Å². The van der Waals surface area contributed by atoms with Crippen molar-refractivity contribution in [1.29, 1.82) is 0 Å². The van der Waals surface area contributed by atoms with Gasteiger partial charge in [-0.2, -0.15) is 13.2 Å². The van der Waals surface area contributed by atoms with E-state index in [1.54, 1.807) is 7.05 Å². The van der Waals surface area contributed by atoms with E-state index in [9.17, 15) is 18.3 Å². The number of guanidine groups is 1. The maximum Gasteiger partial charge on any atom is 0.401 e. The number of rotatable bonds is 8. The third-order valence-corrected chi connectivity index (χ3v) is 5.19. The monoisotopic (exact) mass is 528 g/mol. The highest BCUT2D eigenvalue weighted by atomic mass is 127. The van der Waals surface area contributed by atoms with Crippen molar-refractivity contribution in [2.45, 2.75) is 31.4 Å². The van der Waals surface area contributed by atoms with Crippen molar-refractivity contribution in [1.82, 2.24) is 15.5 Å². The Labute approximate surface area is 188 Å². The predicted octanol–water partition coefficient (Wildman–Crippen LogP) is 3.21. The molecule has 1 heterocycles. The maximum absolute atomic E-state index is 12.4. The molecule has 0 bridgehead atoms. The van der Waals surface area contributed by atoms with Crippen LogP contribution in [0.1, 0.15) is 30.7 Å². The van der Waals surface area contributed by atoms with Crippen LogP contribution in [0.4, 0.5) is 13.2 Å². The minimum absolute atomic E-state index is 0. The Balaban J connectivity index is 0.00000420. The average Bonchev–Trinajstić information content (AvgIpc) is 2.68. The zero-order valence-electron chi connectivity index (χ0n) is 16.8. The van der Waals surface area contributed by atoms with E-state index < -0.39 is 12.7 Å². The third-order valence-electron chi connectivity index (χ3n) is 5.19. The number of likely N-dealkylation sites (tertiary alicyclic amines) is 1. The third kappa shape index (κ3) is 9.99. The SMILES string of the molecule is CN=C(NCCC1CCN(CC(F)(F)F)CC1)NCC(CO)c1ccccc1.I. The summed E-state index contributed by atoms with van der Waals surface area (Å²) < 4.78 is 37.3. The molecule has 29 heavy (non-hydrogen) atoms. The second-order valence-electron chi connectivity index (χ2n) is 7.29. The molecule has 1 atom stereocenters. The van der Waals surface area contributed by atoms with Crippen LogP contribution in [-0.2, 0) is 0 Å². The van der Waals surface area contributed by atoms with E-state index in [-0.39, 0.29) is 36.5 Å². The summed E-state index contributed by atoms with van der Waals surface area (Å²) >= 11 is 0. The number of nitrogens with zero attached hydrogens (tertiary/aromatic N) is 2. The lowest BCUT2D eigenvalue weighted by atomic mass is 9.93. The van der Waals surface area contributed by atoms with Crippen LogP contribution in [0.3, 0.4) is 0 Å². The van der Waals surface area contributed by atoms with Crippen molar-refractivity contribution < 1.29 is 18.3 Å². The van der Waals surface area contributed by atoms with Gasteiger partial charge in [0, 0.05) is 26.1 Å². The molecular formula is C20H32F3IN4O. The van der Waals surface area contributed by atoms with E-state index in [1.165, 1.54) is 4.90 Å². The van der Waals surface area contributed by atoms with Gasteiger partial charge < -0.3 is 15.7 Å². The molecule has 1 aliphatic heterocycles. The second kappa shape index (κ2) is 13.3. The molecule has 5 nitrogen and oxygen atoms in total. The molecule has 9 heteroatoms. The van der Waals surface area contributed by atoms with Gasteiger partial charge in [-0.1, -0.05) is 30.3 Å². The summed E-state index contributed by atoms with van der Waals surface area (Å²) in [6.07, 6.45) is -1.61. The van der Waals surface area contributed by atoms with E-state index in [0.29, 0.717) is 31.5 Å². The van der Waals surface area contributed by atoms with E-state index >= 15 is 0 Å². The first kappa shape index (κ1) is 26.0. The summed E-state index contributed by atoms with van der Waals surface area (Å²) in [7, 11) is 1.70. The average molecular weight is 528 g/mol. The number of aliphatic hydroxyl groups excluding tert-OH is 1. The van der Waals surface area contributed by atoms with Crippen molar-refractivity contribution in [3.63, 3.8) is 0 Å². The molecule has 1 fully saturated rings. The van der Waals surface area contributed by atoms with E-state index in [0.717, 1.165) is 31.4 Å². The van der Waals surface area contributed by atoms with Crippen molar-refractivity contribution >= 4 is 29.9 Å². The summed E-state index contributed by atoms with van der Waals surface area (Å²) in [6, 6.07) is 9.82. The summed E-state index contributed by atoms with van der Waals surface area (Å²) in [6.45, 7) is 1.54. The number of halogens is 4. The lowest BCUT2D eigenvalue weighted by Crippen LogP contribution is -2.42. The Morgan fingerprint density at radius 1 is 1.21 bits per heavy atom. The summed E-state index contributed by atoms with van der Waals surface area (Å²) in [5, 5.41) is 16.1. The fourth-order valence-corrected chi connectivity index (χ4v) is 3.53. The Morgan fingerprint density at radius 2 is 1.86 bits per heavy atom. The molecule has 0 amide bonds. The van der Waals surface area contributed by atoms with Crippen LogP contribution in [0.25, 0.3) is 0 Å². The number of alkyl halides is 3. The van der Waals surface area contributed by atoms with E-state index in [2.05, 4.69) is 15.6 Å². The molecule has 0 radical (unpaired) electrons. The molecule has 1 aliphatic rings. The maximum atomic E-state index is 12.4. The van der Waals surface area contributed by atoms with Gasteiger partial charge in [0.15, 0.2) is 5.96 Å². The Kier molecular flexibility index (Phi) is 11.9. The van der Waals surface area contributed by atoms with Crippen LogP contribution in [0, 0.1) is 5.92 Å². The largest absolute Gasteiger partial charge is 0.401 e. The Morgan fingerprint density at radius 3 is 2.41 bits per heavy atom. The first-order valence-corrected chi connectivity index (χ1v) is 9.80. The molecule has 0 aromatic heterocycles. The topological polar surface area (TPSA) is 59.9 Å². The molecule has 1 saturated heterocycles. The van der Waals surface area contributed by atoms with Crippen molar-refractivity contribution in [3.05, 3.63) is 35.9 Å². The number of aliphatic hydroxyl groups is 1. The van der Waals surface area contributed by atoms with Crippen LogP contribution in [-0.4, -0.2) is 68.5 Å². The lowest BCUT2D eigenvalue weighted by molar-refractivity contribution is -0.148. The molecule has 166 valence electrons. The number of nitrogens with one attached hydrogen (secondary N) is 2. The number of hydrogen-bond donors (Lipinski definition) is 3. The summed E-state index contributed by atoms with van der Waals surface area (Å²) in [5.41, 5.74) is 1.07. The molecule has 1 unspecified atom stereocenters. The number of hydrogen-bond acceptors (Lipinski definition) is 3. The number of benzene rings is 1. The van der Waals surface area contributed by atoms with Crippen LogP contribution in [0.2, 0.25) is 0 Å². The van der Waals surface area contributed by atoms with Gasteiger partial charge in [0.25, 0.3) is 0 Å². The van der Waals surface area contributed by atoms with Gasteiger partial charge in [0.1, 0.15) is 0 Å². The number of aliphatic imine (C=N–C) groups is 1. The predicted molar refractivity (Wildman–Crippen MR) is 121 cm³/mol. The highest BCUT2D eigenvalue weighted by Crippen LogP contribution is 2.24. The molecule has 0 saturated carbocycles. The van der Waals surface area contributed by atoms with Gasteiger partial charge in [-0.15, -0.1) is 24.0 Å². The molecule has 0 aliphatic carbocycles. The van der Waals surface area contributed by atoms with Crippen LogP contribution >= 0.6 is 24.0 Å². The zero-order valence-corrected chi connectivity index (χ0v) is 19.1. The fourth-order valence-electron chi connectivity index (χ4n) is 3.53. The molecule has 1 aromatic carbocycles. The smallest absolute Gasteiger partial charge is 0.396 e. The summed E-state index contributed by atoms with van der Waals surface area (Å²) in [5.74, 6) is 1.09. The highest BCUT2D eigenvalue weighted by Gasteiger charge is 2.32. The second-order valence-corrected chi connectivity index (χ2v) is 7.29. The van der Waals surface area contributed by atoms with E-state index in [4.69, 9.17) is 0 Å². The van der Waals surface area contributed by atoms with Crippen LogP contribution in [0.15, 0.2) is 35.3 Å². The number of piperidine rings is 1. The van der Waals surface area contributed by atoms with E-state index in [1.807, 2.05) is 30.3 Å². The van der Waals surface area contributed by atoms with Crippen molar-refractivity contribution in [2.24, 2.45) is 10.9 Å². The Bertz CT molecular complexity index is 593.